The zero-order valence-electron chi connectivity index (χ0n) is 11.8. The van der Waals surface area contributed by atoms with Gasteiger partial charge in [0.05, 0.1) is 6.54 Å². The number of carbonyl (C=O) groups is 1. The van der Waals surface area contributed by atoms with Gasteiger partial charge in [-0.05, 0) is 45.0 Å². The Morgan fingerprint density at radius 2 is 2.10 bits per heavy atom. The number of amides is 1. The standard InChI is InChI=1S/C15H18N2O3/c1-10-5-4-6-12(17-10)14(18)16-9-15(3,19)13-8-7-11(2)20-13/h4-8,19H,9H2,1-3H3,(H,16,18). The van der Waals surface area contributed by atoms with Crippen LogP contribution in [-0.2, 0) is 5.60 Å². The zero-order valence-corrected chi connectivity index (χ0v) is 11.8. The molecule has 2 N–H and O–H groups in total. The van der Waals surface area contributed by atoms with Crippen LogP contribution in [0.5, 0.6) is 0 Å². The van der Waals surface area contributed by atoms with E-state index in [0.29, 0.717) is 17.2 Å². The van der Waals surface area contributed by atoms with Crippen LogP contribution in [0.3, 0.4) is 0 Å². The summed E-state index contributed by atoms with van der Waals surface area (Å²) in [5, 5.41) is 13.0. The van der Waals surface area contributed by atoms with Gasteiger partial charge in [0.25, 0.3) is 5.91 Å². The molecule has 2 aromatic rings. The minimum atomic E-state index is -1.26. The van der Waals surface area contributed by atoms with E-state index in [-0.39, 0.29) is 12.5 Å². The number of carbonyl (C=O) groups excluding carboxylic acids is 1. The van der Waals surface area contributed by atoms with Crippen molar-refractivity contribution in [2.24, 2.45) is 0 Å². The summed E-state index contributed by atoms with van der Waals surface area (Å²) in [5.74, 6) is 0.816. The average Bonchev–Trinajstić information content (AvgIpc) is 2.83. The molecule has 2 aromatic heterocycles. The smallest absolute Gasteiger partial charge is 0.269 e. The third kappa shape index (κ3) is 3.24. The maximum atomic E-state index is 12.0. The first-order chi connectivity index (χ1) is 9.38. The Morgan fingerprint density at radius 1 is 1.35 bits per heavy atom. The number of aryl methyl sites for hydroxylation is 2. The summed E-state index contributed by atoms with van der Waals surface area (Å²) >= 11 is 0. The Balaban J connectivity index is 2.03. The summed E-state index contributed by atoms with van der Waals surface area (Å²) in [4.78, 5) is 16.1. The van der Waals surface area contributed by atoms with E-state index < -0.39 is 5.60 Å². The number of aliphatic hydroxyl groups is 1. The van der Waals surface area contributed by atoms with Crippen LogP contribution in [0.4, 0.5) is 0 Å². The number of aromatic nitrogens is 1. The zero-order chi connectivity index (χ0) is 14.8. The van der Waals surface area contributed by atoms with Crippen molar-refractivity contribution in [3.8, 4) is 0 Å². The lowest BCUT2D eigenvalue weighted by atomic mass is 10.0. The third-order valence-corrected chi connectivity index (χ3v) is 2.99. The molecule has 1 amide bonds. The van der Waals surface area contributed by atoms with E-state index in [0.717, 1.165) is 5.69 Å². The second kappa shape index (κ2) is 5.46. The van der Waals surface area contributed by atoms with Gasteiger partial charge in [0.2, 0.25) is 0 Å². The summed E-state index contributed by atoms with van der Waals surface area (Å²) in [7, 11) is 0. The minimum Gasteiger partial charge on any atom is -0.463 e. The van der Waals surface area contributed by atoms with E-state index in [4.69, 9.17) is 4.42 Å². The van der Waals surface area contributed by atoms with Gasteiger partial charge < -0.3 is 14.8 Å². The average molecular weight is 274 g/mol. The number of nitrogens with one attached hydrogen (secondary N) is 1. The van der Waals surface area contributed by atoms with Crippen molar-refractivity contribution >= 4 is 5.91 Å². The topological polar surface area (TPSA) is 75.4 Å². The molecule has 106 valence electrons. The Labute approximate surface area is 117 Å². The van der Waals surface area contributed by atoms with Crippen molar-refractivity contribution in [2.75, 3.05) is 6.54 Å². The Hall–Kier alpha value is -2.14. The molecule has 5 nitrogen and oxygen atoms in total. The quantitative estimate of drug-likeness (QED) is 0.893. The summed E-state index contributed by atoms with van der Waals surface area (Å²) in [6.07, 6.45) is 0. The number of hydrogen-bond acceptors (Lipinski definition) is 4. The van der Waals surface area contributed by atoms with Crippen molar-refractivity contribution in [2.45, 2.75) is 26.4 Å². The maximum absolute atomic E-state index is 12.0. The van der Waals surface area contributed by atoms with Gasteiger partial charge in [0.15, 0.2) is 0 Å². The van der Waals surface area contributed by atoms with Crippen LogP contribution in [0.1, 0.15) is 34.6 Å². The lowest BCUT2D eigenvalue weighted by molar-refractivity contribution is 0.0322. The van der Waals surface area contributed by atoms with Crippen molar-refractivity contribution in [3.05, 3.63) is 53.2 Å². The first-order valence-electron chi connectivity index (χ1n) is 6.40. The van der Waals surface area contributed by atoms with Gasteiger partial charge in [0, 0.05) is 5.69 Å². The van der Waals surface area contributed by atoms with E-state index in [1.165, 1.54) is 0 Å². The van der Waals surface area contributed by atoms with Crippen LogP contribution in [-0.4, -0.2) is 22.5 Å². The molecule has 0 aromatic carbocycles. The number of furan rings is 1. The molecular weight excluding hydrogens is 256 g/mol. The summed E-state index contributed by atoms with van der Waals surface area (Å²) in [6, 6.07) is 8.69. The first-order valence-corrected chi connectivity index (χ1v) is 6.40. The molecule has 0 fully saturated rings. The second-order valence-corrected chi connectivity index (χ2v) is 5.03. The Kier molecular flexibility index (Phi) is 3.90. The van der Waals surface area contributed by atoms with Crippen LogP contribution in [0, 0.1) is 13.8 Å². The van der Waals surface area contributed by atoms with E-state index in [1.807, 2.05) is 13.0 Å². The van der Waals surface area contributed by atoms with Gasteiger partial charge in [-0.25, -0.2) is 4.98 Å². The monoisotopic (exact) mass is 274 g/mol. The molecule has 0 saturated heterocycles. The van der Waals surface area contributed by atoms with E-state index in [2.05, 4.69) is 10.3 Å². The van der Waals surface area contributed by atoms with E-state index in [9.17, 15) is 9.90 Å². The first kappa shape index (κ1) is 14.3. The molecule has 2 rings (SSSR count). The van der Waals surface area contributed by atoms with Crippen LogP contribution in [0.15, 0.2) is 34.7 Å². The van der Waals surface area contributed by atoms with Gasteiger partial charge >= 0.3 is 0 Å². The normalized spacial score (nSPS) is 13.8. The van der Waals surface area contributed by atoms with Crippen molar-refractivity contribution in [1.29, 1.82) is 0 Å². The lowest BCUT2D eigenvalue weighted by Crippen LogP contribution is -2.38. The molecule has 1 atom stereocenters. The number of rotatable bonds is 4. The maximum Gasteiger partial charge on any atom is 0.269 e. The Bertz CT molecular complexity index is 617. The molecule has 0 saturated carbocycles. The van der Waals surface area contributed by atoms with Crippen LogP contribution < -0.4 is 5.32 Å². The fourth-order valence-electron chi connectivity index (χ4n) is 1.82. The molecule has 0 radical (unpaired) electrons. The largest absolute Gasteiger partial charge is 0.463 e. The van der Waals surface area contributed by atoms with E-state index >= 15 is 0 Å². The molecule has 0 aliphatic heterocycles. The molecule has 20 heavy (non-hydrogen) atoms. The molecule has 1 unspecified atom stereocenters. The minimum absolute atomic E-state index is 0.0500. The molecule has 0 aliphatic carbocycles. The van der Waals surface area contributed by atoms with Crippen molar-refractivity contribution < 1.29 is 14.3 Å². The third-order valence-electron chi connectivity index (χ3n) is 2.99. The van der Waals surface area contributed by atoms with E-state index in [1.54, 1.807) is 38.1 Å². The molecule has 2 heterocycles. The summed E-state index contributed by atoms with van der Waals surface area (Å²) in [5.41, 5.74) is -0.157. The molecule has 0 aliphatic rings. The predicted molar refractivity (Wildman–Crippen MR) is 74.3 cm³/mol. The highest BCUT2D eigenvalue weighted by Crippen LogP contribution is 2.21. The van der Waals surface area contributed by atoms with Gasteiger partial charge in [-0.1, -0.05) is 6.07 Å². The lowest BCUT2D eigenvalue weighted by Gasteiger charge is -2.21. The Morgan fingerprint density at radius 3 is 2.70 bits per heavy atom. The second-order valence-electron chi connectivity index (χ2n) is 5.03. The fraction of sp³-hybridized carbons (Fsp3) is 0.333. The number of pyridine rings is 1. The van der Waals surface area contributed by atoms with Crippen LogP contribution >= 0.6 is 0 Å². The fourth-order valence-corrected chi connectivity index (χ4v) is 1.82. The molecule has 0 spiro atoms. The van der Waals surface area contributed by atoms with Gasteiger partial charge in [-0.3, -0.25) is 4.79 Å². The summed E-state index contributed by atoms with van der Waals surface area (Å²) < 4.78 is 5.39. The van der Waals surface area contributed by atoms with Crippen molar-refractivity contribution in [1.82, 2.24) is 10.3 Å². The highest BCUT2D eigenvalue weighted by Gasteiger charge is 2.27. The SMILES string of the molecule is Cc1cccc(C(=O)NCC(C)(O)c2ccc(C)o2)n1. The number of nitrogens with zero attached hydrogens (tertiary/aromatic N) is 1. The van der Waals surface area contributed by atoms with Gasteiger partial charge in [0.1, 0.15) is 22.8 Å². The van der Waals surface area contributed by atoms with Gasteiger partial charge in [-0.2, -0.15) is 0 Å². The number of hydrogen-bond donors (Lipinski definition) is 2. The van der Waals surface area contributed by atoms with Gasteiger partial charge in [-0.15, -0.1) is 0 Å². The predicted octanol–water partition coefficient (Wildman–Crippen LogP) is 1.93. The van der Waals surface area contributed by atoms with Crippen LogP contribution in [0.25, 0.3) is 0 Å². The van der Waals surface area contributed by atoms with Crippen LogP contribution in [0.2, 0.25) is 0 Å². The van der Waals surface area contributed by atoms with Crippen molar-refractivity contribution in [3.63, 3.8) is 0 Å². The molecular formula is C15H18N2O3. The molecule has 5 heteroatoms. The summed E-state index contributed by atoms with van der Waals surface area (Å²) in [6.45, 7) is 5.26. The highest BCUT2D eigenvalue weighted by molar-refractivity contribution is 5.92. The molecule has 0 bridgehead atoms. The highest BCUT2D eigenvalue weighted by atomic mass is 16.4.